The van der Waals surface area contributed by atoms with Gasteiger partial charge in [0.2, 0.25) is 5.91 Å². The van der Waals surface area contributed by atoms with Crippen LogP contribution in [0.2, 0.25) is 0 Å². The van der Waals surface area contributed by atoms with E-state index in [0.29, 0.717) is 5.82 Å². The maximum atomic E-state index is 11.7. The van der Waals surface area contributed by atoms with Crippen molar-refractivity contribution in [2.45, 2.75) is 18.9 Å². The van der Waals surface area contributed by atoms with Crippen molar-refractivity contribution in [3.05, 3.63) is 84.1 Å². The molecule has 6 nitrogen and oxygen atoms in total. The molecule has 29 heavy (non-hydrogen) atoms. The summed E-state index contributed by atoms with van der Waals surface area (Å²) in [6, 6.07) is 21.8. The second kappa shape index (κ2) is 9.61. The number of carboxylic acids is 1. The molecule has 0 aliphatic carbocycles. The molecule has 0 saturated heterocycles. The maximum absolute atomic E-state index is 11.7. The summed E-state index contributed by atoms with van der Waals surface area (Å²) in [5, 5.41) is 11.2. The van der Waals surface area contributed by atoms with Crippen LogP contribution in [0, 0.1) is 0 Å². The molecule has 148 valence electrons. The van der Waals surface area contributed by atoms with Crippen molar-refractivity contribution in [3.8, 4) is 11.1 Å². The number of anilines is 1. The van der Waals surface area contributed by atoms with Crippen molar-refractivity contribution >= 4 is 17.7 Å². The SMILES string of the molecule is COC(c1ccc(-c2ccccc2)cc1)c1ccc(NC(=O)CCC(=O)O)nc1. The van der Waals surface area contributed by atoms with Gasteiger partial charge in [0.1, 0.15) is 11.9 Å². The number of carboxylic acid groups (broad SMARTS) is 1. The van der Waals surface area contributed by atoms with E-state index in [0.717, 1.165) is 22.3 Å². The van der Waals surface area contributed by atoms with Gasteiger partial charge in [-0.25, -0.2) is 4.98 Å². The van der Waals surface area contributed by atoms with E-state index in [9.17, 15) is 9.59 Å². The van der Waals surface area contributed by atoms with E-state index in [1.807, 2.05) is 36.4 Å². The van der Waals surface area contributed by atoms with Crippen LogP contribution in [0.4, 0.5) is 5.82 Å². The predicted octanol–water partition coefficient (Wildman–Crippen LogP) is 4.29. The van der Waals surface area contributed by atoms with E-state index in [1.54, 1.807) is 19.4 Å². The lowest BCUT2D eigenvalue weighted by Gasteiger charge is -2.17. The summed E-state index contributed by atoms with van der Waals surface area (Å²) in [6.07, 6.45) is 1.05. The number of hydrogen-bond acceptors (Lipinski definition) is 4. The molecule has 0 aliphatic heterocycles. The van der Waals surface area contributed by atoms with Gasteiger partial charge < -0.3 is 15.2 Å². The molecule has 0 saturated carbocycles. The van der Waals surface area contributed by atoms with Crippen LogP contribution < -0.4 is 5.32 Å². The zero-order valence-electron chi connectivity index (χ0n) is 16.0. The molecule has 0 fully saturated rings. The molecular weight excluding hydrogens is 368 g/mol. The minimum absolute atomic E-state index is 0.0901. The van der Waals surface area contributed by atoms with Gasteiger partial charge in [-0.1, -0.05) is 60.7 Å². The molecule has 0 spiro atoms. The molecule has 2 aromatic carbocycles. The van der Waals surface area contributed by atoms with E-state index < -0.39 is 5.97 Å². The number of rotatable bonds is 8. The Bertz CT molecular complexity index is 954. The summed E-state index contributed by atoms with van der Waals surface area (Å²) in [4.78, 5) is 26.5. The molecule has 0 aliphatic rings. The van der Waals surface area contributed by atoms with Gasteiger partial charge >= 0.3 is 5.97 Å². The number of carbonyl (C=O) groups is 2. The number of nitrogens with zero attached hydrogens (tertiary/aromatic N) is 1. The van der Waals surface area contributed by atoms with E-state index in [1.165, 1.54) is 0 Å². The monoisotopic (exact) mass is 390 g/mol. The van der Waals surface area contributed by atoms with E-state index in [2.05, 4.69) is 34.6 Å². The van der Waals surface area contributed by atoms with Gasteiger partial charge in [-0.05, 0) is 22.8 Å². The lowest BCUT2D eigenvalue weighted by molar-refractivity contribution is -0.138. The van der Waals surface area contributed by atoms with Gasteiger partial charge in [-0.3, -0.25) is 9.59 Å². The van der Waals surface area contributed by atoms with Crippen molar-refractivity contribution in [1.82, 2.24) is 4.98 Å². The van der Waals surface area contributed by atoms with Gasteiger partial charge in [0.05, 0.1) is 6.42 Å². The molecule has 1 atom stereocenters. The minimum atomic E-state index is -1.01. The number of pyridine rings is 1. The zero-order chi connectivity index (χ0) is 20.6. The second-order valence-corrected chi connectivity index (χ2v) is 6.52. The molecule has 3 rings (SSSR count). The van der Waals surface area contributed by atoms with Crippen molar-refractivity contribution in [2.75, 3.05) is 12.4 Å². The largest absolute Gasteiger partial charge is 0.481 e. The Kier molecular flexibility index (Phi) is 6.71. The number of methoxy groups -OCH3 is 1. The van der Waals surface area contributed by atoms with Crippen molar-refractivity contribution in [2.24, 2.45) is 0 Å². The number of amides is 1. The van der Waals surface area contributed by atoms with Crippen LogP contribution in [-0.2, 0) is 14.3 Å². The number of aromatic nitrogens is 1. The number of benzene rings is 2. The smallest absolute Gasteiger partial charge is 0.303 e. The highest BCUT2D eigenvalue weighted by molar-refractivity contribution is 5.91. The van der Waals surface area contributed by atoms with Gasteiger partial charge in [0.25, 0.3) is 0 Å². The minimum Gasteiger partial charge on any atom is -0.481 e. The van der Waals surface area contributed by atoms with Gasteiger partial charge in [0.15, 0.2) is 0 Å². The fraction of sp³-hybridized carbons (Fsp3) is 0.174. The van der Waals surface area contributed by atoms with Gasteiger partial charge in [0, 0.05) is 25.3 Å². The number of carbonyl (C=O) groups excluding carboxylic acids is 1. The molecule has 1 amide bonds. The lowest BCUT2D eigenvalue weighted by Crippen LogP contribution is -2.14. The van der Waals surface area contributed by atoms with Crippen molar-refractivity contribution in [1.29, 1.82) is 0 Å². The summed E-state index contributed by atoms with van der Waals surface area (Å²) in [5.74, 6) is -1.02. The molecule has 0 radical (unpaired) electrons. The number of aliphatic carboxylic acids is 1. The fourth-order valence-corrected chi connectivity index (χ4v) is 3.01. The Labute approximate surface area is 169 Å². The van der Waals surface area contributed by atoms with Crippen LogP contribution in [0.25, 0.3) is 11.1 Å². The molecule has 3 aromatic rings. The molecule has 2 N–H and O–H groups in total. The topological polar surface area (TPSA) is 88.5 Å². The normalized spacial score (nSPS) is 11.6. The van der Waals surface area contributed by atoms with Crippen molar-refractivity contribution < 1.29 is 19.4 Å². The maximum Gasteiger partial charge on any atom is 0.303 e. The standard InChI is InChI=1S/C23H22N2O4/c1-29-23(18-9-7-17(8-10-18)16-5-3-2-4-6-16)19-11-12-20(24-15-19)25-21(26)13-14-22(27)28/h2-12,15,23H,13-14H2,1H3,(H,27,28)(H,24,25,26). The third-order valence-corrected chi connectivity index (χ3v) is 4.48. The van der Waals surface area contributed by atoms with Crippen LogP contribution in [0.3, 0.4) is 0 Å². The first-order valence-corrected chi connectivity index (χ1v) is 9.22. The number of nitrogens with one attached hydrogen (secondary N) is 1. The molecule has 1 unspecified atom stereocenters. The first-order valence-electron chi connectivity index (χ1n) is 9.22. The Hall–Kier alpha value is -3.51. The molecule has 0 bridgehead atoms. The Morgan fingerprint density at radius 3 is 2.17 bits per heavy atom. The summed E-state index contributed by atoms with van der Waals surface area (Å²) in [5.41, 5.74) is 4.12. The predicted molar refractivity (Wildman–Crippen MR) is 110 cm³/mol. The molecule has 6 heteroatoms. The highest BCUT2D eigenvalue weighted by atomic mass is 16.5. The number of ether oxygens (including phenoxy) is 1. The highest BCUT2D eigenvalue weighted by Crippen LogP contribution is 2.28. The van der Waals surface area contributed by atoms with Gasteiger partial charge in [-0.2, -0.15) is 0 Å². The highest BCUT2D eigenvalue weighted by Gasteiger charge is 2.14. The first kappa shape index (κ1) is 20.2. The Balaban J connectivity index is 1.70. The molecule has 1 aromatic heterocycles. The summed E-state index contributed by atoms with van der Waals surface area (Å²) < 4.78 is 5.66. The van der Waals surface area contributed by atoms with Crippen LogP contribution in [0.15, 0.2) is 72.9 Å². The van der Waals surface area contributed by atoms with Gasteiger partial charge in [-0.15, -0.1) is 0 Å². The lowest BCUT2D eigenvalue weighted by atomic mass is 9.99. The zero-order valence-corrected chi connectivity index (χ0v) is 16.0. The molecular formula is C23H22N2O4. The molecule has 1 heterocycles. The fourth-order valence-electron chi connectivity index (χ4n) is 3.01. The average molecular weight is 390 g/mol. The summed E-state index contributed by atoms with van der Waals surface area (Å²) in [7, 11) is 1.64. The van der Waals surface area contributed by atoms with Crippen molar-refractivity contribution in [3.63, 3.8) is 0 Å². The average Bonchev–Trinajstić information content (AvgIpc) is 2.75. The van der Waals surface area contributed by atoms with Crippen LogP contribution >= 0.6 is 0 Å². The quantitative estimate of drug-likeness (QED) is 0.599. The van der Waals surface area contributed by atoms with E-state index >= 15 is 0 Å². The Morgan fingerprint density at radius 1 is 0.931 bits per heavy atom. The number of hydrogen-bond donors (Lipinski definition) is 2. The third-order valence-electron chi connectivity index (χ3n) is 4.48. The summed E-state index contributed by atoms with van der Waals surface area (Å²) >= 11 is 0. The van der Waals surface area contributed by atoms with E-state index in [-0.39, 0.29) is 24.9 Å². The van der Waals surface area contributed by atoms with Crippen LogP contribution in [0.5, 0.6) is 0 Å². The van der Waals surface area contributed by atoms with E-state index in [4.69, 9.17) is 9.84 Å². The van der Waals surface area contributed by atoms with Crippen LogP contribution in [-0.4, -0.2) is 29.1 Å². The second-order valence-electron chi connectivity index (χ2n) is 6.52. The third kappa shape index (κ3) is 5.49. The summed E-state index contributed by atoms with van der Waals surface area (Å²) in [6.45, 7) is 0. The van der Waals surface area contributed by atoms with Crippen LogP contribution in [0.1, 0.15) is 30.1 Å². The first-order chi connectivity index (χ1) is 14.1. The Morgan fingerprint density at radius 2 is 1.59 bits per heavy atom.